The average Bonchev–Trinajstić information content (AvgIpc) is 0.766. The van der Waals surface area contributed by atoms with Gasteiger partial charge in [0.15, 0.2) is 50.3 Å². The third-order valence-electron chi connectivity index (χ3n) is 26.4. The van der Waals surface area contributed by atoms with E-state index in [1.165, 1.54) is 129 Å². The maximum atomic E-state index is 13.6. The van der Waals surface area contributed by atoms with Crippen LogP contribution in [0.4, 0.5) is 0 Å². The monoisotopic (exact) mass is 1960 g/mol. The zero-order valence-electron chi connectivity index (χ0n) is 78.3. The summed E-state index contributed by atoms with van der Waals surface area (Å²) < 4.78 is 96.4. The number of unbranched alkanes of at least 4 members (excludes halogenated alkanes) is 27. The van der Waals surface area contributed by atoms with Gasteiger partial charge in [0.05, 0.1) is 71.1 Å². The Morgan fingerprint density at radius 3 is 1.09 bits per heavy atom. The molecule has 0 spiro atoms. The number of rotatable bonds is 59. The predicted octanol–water partition coefficient (Wildman–Crippen LogP) is -4.97. The first-order valence-corrected chi connectivity index (χ1v) is 48.8. The summed E-state index contributed by atoms with van der Waals surface area (Å²) in [7, 11) is 0. The van der Waals surface area contributed by atoms with Crippen molar-refractivity contribution in [3.8, 4) is 0 Å². The number of aliphatic hydroxyl groups excluding tert-OH is 23. The summed E-state index contributed by atoms with van der Waals surface area (Å²) in [6.07, 6.45) is -41.1. The summed E-state index contributed by atoms with van der Waals surface area (Å²) in [5.74, 6) is -2.26. The first-order valence-electron chi connectivity index (χ1n) is 48.8. The third-order valence-corrected chi connectivity index (χ3v) is 26.4. The van der Waals surface area contributed by atoms with Crippen LogP contribution in [0, 0.1) is 0 Å². The summed E-state index contributed by atoms with van der Waals surface area (Å²) in [6, 6.07) is -4.96. The van der Waals surface area contributed by atoms with Crippen molar-refractivity contribution in [1.29, 1.82) is 0 Å². The molecule has 0 aromatic carbocycles. The molecular weight excluding hydrogens is 1790 g/mol. The predicted molar refractivity (Wildman–Crippen MR) is 467 cm³/mol. The number of amides is 3. The van der Waals surface area contributed by atoms with Crippen LogP contribution >= 0.6 is 0 Å². The molecule has 8 saturated heterocycles. The van der Waals surface area contributed by atoms with Crippen molar-refractivity contribution < 1.29 is 208 Å². The fourth-order valence-electron chi connectivity index (χ4n) is 18.3. The normalized spacial score (nSPS) is 39.8. The summed E-state index contributed by atoms with van der Waals surface area (Å²) >= 11 is 0. The molecule has 8 rings (SSSR count). The van der Waals surface area contributed by atoms with Gasteiger partial charge in [0.1, 0.15) is 189 Å². The maximum Gasteiger partial charge on any atom is 0.220 e. The van der Waals surface area contributed by atoms with E-state index in [0.29, 0.717) is 12.8 Å². The number of hydrogen-bond acceptors (Lipinski definition) is 42. The minimum Gasteiger partial charge on any atom is -0.394 e. The molecule has 8 aliphatic rings. The van der Waals surface area contributed by atoms with E-state index < -0.39 is 322 Å². The number of allylic oxidation sites excluding steroid dienone is 1. The van der Waals surface area contributed by atoms with Gasteiger partial charge in [0.2, 0.25) is 17.7 Å². The highest BCUT2D eigenvalue weighted by molar-refractivity contribution is 5.76. The van der Waals surface area contributed by atoms with E-state index in [9.17, 15) is 132 Å². The van der Waals surface area contributed by atoms with Gasteiger partial charge in [-0.15, -0.1) is 0 Å². The molecule has 45 heteroatoms. The molecule has 135 heavy (non-hydrogen) atoms. The van der Waals surface area contributed by atoms with Crippen molar-refractivity contribution in [2.45, 2.75) is 485 Å². The Balaban J connectivity index is 0.959. The lowest BCUT2D eigenvalue weighted by Crippen LogP contribution is -2.71. The first kappa shape index (κ1) is 117. The highest BCUT2D eigenvalue weighted by Gasteiger charge is 2.60. The quantitative estimate of drug-likeness (QED) is 0.0200. The van der Waals surface area contributed by atoms with E-state index in [0.717, 1.165) is 65.2 Å². The molecule has 8 fully saturated rings. The van der Waals surface area contributed by atoms with E-state index in [1.54, 1.807) is 6.08 Å². The molecule has 45 nitrogen and oxygen atoms in total. The fraction of sp³-hybridized carbons (Fsp3) is 0.944. The molecule has 0 aromatic heterocycles. The number of ether oxygens (including phenoxy) is 16. The van der Waals surface area contributed by atoms with Crippen molar-refractivity contribution >= 4 is 17.7 Å². The molecular formula is C90H161N3O42. The second-order valence-corrected chi connectivity index (χ2v) is 37.0. The molecule has 0 bridgehead atoms. The standard InChI is InChI=1S/C90H161N3O42/c1-6-8-10-12-14-16-18-20-21-22-23-25-27-29-31-33-35-37-58(103)93-49(50(102)36-34-32-30-28-26-24-19-17-15-13-11-9-7-2)44-120-85-74(117)69(112)77(54(41-97)127-85)130-89-75(118)70(113)78(55(42-98)128-89)131-90-76(119)82(64(107)53(40-96)125-90)135-84-59(91-47(4)100)80(133-88-73(116)68(111)63(106)52(39-95)124-88)65(108)57(129-84)45-121-83-60(92-48(5)101)81(134-86-71(114)66(109)61(104)46(3)122-86)79(56(43-99)126-83)132-87-72(115)67(110)62(105)51(38-94)123-87/h34,36,46,49-57,59-90,94-99,102,104-119H,6-33,35,37-45H2,1-5H3,(H,91,100)(H,92,101)(H,93,103)/b36-34+/t46?,49-,50+,51?,52?,53?,54?,55?,56?,57?,59?,60?,61+,62-,63-,64-,65-,66?,67-,68-,69+,70+,71-,72?,73?,74?,75?,76?,77+,78-,79+,80+,81+,82-,83+,84-,85+,86+,87-,88-,89-,90-/m0/s1. The topological polar surface area (TPSA) is 700 Å². The van der Waals surface area contributed by atoms with Crippen molar-refractivity contribution in [1.82, 2.24) is 16.0 Å². The zero-order valence-corrected chi connectivity index (χ0v) is 78.3. The van der Waals surface area contributed by atoms with Gasteiger partial charge in [-0.1, -0.05) is 193 Å². The minimum absolute atomic E-state index is 0.152. The summed E-state index contributed by atoms with van der Waals surface area (Å²) in [4.78, 5) is 40.4. The van der Waals surface area contributed by atoms with E-state index in [2.05, 4.69) is 29.8 Å². The van der Waals surface area contributed by atoms with Gasteiger partial charge in [-0.2, -0.15) is 0 Å². The van der Waals surface area contributed by atoms with E-state index >= 15 is 0 Å². The smallest absolute Gasteiger partial charge is 0.220 e. The summed E-state index contributed by atoms with van der Waals surface area (Å²) in [5.41, 5.74) is 0. The van der Waals surface area contributed by atoms with Crippen LogP contribution in [-0.4, -0.2) is 446 Å². The number of nitrogens with one attached hydrogen (secondary N) is 3. The second kappa shape index (κ2) is 60.4. The molecule has 0 aromatic rings. The molecule has 0 radical (unpaired) electrons. The highest BCUT2D eigenvalue weighted by atomic mass is 16.8. The van der Waals surface area contributed by atoms with Gasteiger partial charge >= 0.3 is 0 Å². The highest BCUT2D eigenvalue weighted by Crippen LogP contribution is 2.40. The zero-order chi connectivity index (χ0) is 98.7. The van der Waals surface area contributed by atoms with Crippen LogP contribution in [0.15, 0.2) is 12.2 Å². The van der Waals surface area contributed by atoms with Crippen molar-refractivity contribution in [3.05, 3.63) is 12.2 Å². The summed E-state index contributed by atoms with van der Waals surface area (Å²) in [5, 5.41) is 266. The van der Waals surface area contributed by atoms with Crippen LogP contribution in [0.2, 0.25) is 0 Å². The molecule has 26 N–H and O–H groups in total. The van der Waals surface area contributed by atoms with Gasteiger partial charge in [-0.05, 0) is 26.2 Å². The Hall–Kier alpha value is -3.41. The lowest BCUT2D eigenvalue weighted by atomic mass is 9.93. The Morgan fingerprint density at radius 2 is 0.637 bits per heavy atom. The molecule has 0 aliphatic carbocycles. The Bertz CT molecular complexity index is 3280. The van der Waals surface area contributed by atoms with Gasteiger partial charge < -0.3 is 209 Å². The van der Waals surface area contributed by atoms with Gasteiger partial charge in [0.25, 0.3) is 0 Å². The maximum absolute atomic E-state index is 13.6. The van der Waals surface area contributed by atoms with Crippen LogP contribution in [0.3, 0.4) is 0 Å². The van der Waals surface area contributed by atoms with Crippen LogP contribution in [0.1, 0.15) is 227 Å². The molecule has 3 amide bonds. The number of hydrogen-bond donors (Lipinski definition) is 26. The third kappa shape index (κ3) is 33.8. The molecule has 788 valence electrons. The molecule has 16 unspecified atom stereocenters. The fourth-order valence-corrected chi connectivity index (χ4v) is 18.3. The van der Waals surface area contributed by atoms with E-state index in [1.807, 2.05) is 6.08 Å². The summed E-state index contributed by atoms with van der Waals surface area (Å²) in [6.45, 7) is -0.283. The molecule has 42 atom stereocenters. The second-order valence-electron chi connectivity index (χ2n) is 37.0. The minimum atomic E-state index is -2.42. The molecule has 8 aliphatic heterocycles. The van der Waals surface area contributed by atoms with Gasteiger partial charge in [0, 0.05) is 20.3 Å². The number of carbonyl (C=O) groups is 3. The van der Waals surface area contributed by atoms with Crippen LogP contribution in [0.5, 0.6) is 0 Å². The van der Waals surface area contributed by atoms with Gasteiger partial charge in [-0.25, -0.2) is 0 Å². The van der Waals surface area contributed by atoms with Crippen LogP contribution in [-0.2, 0) is 90.2 Å². The average molecular weight is 1960 g/mol. The number of aliphatic hydroxyl groups is 23. The van der Waals surface area contributed by atoms with Crippen molar-refractivity contribution in [2.75, 3.05) is 52.9 Å². The van der Waals surface area contributed by atoms with Crippen molar-refractivity contribution in [2.24, 2.45) is 0 Å². The van der Waals surface area contributed by atoms with Gasteiger partial charge in [-0.3, -0.25) is 14.4 Å². The Kier molecular flexibility index (Phi) is 52.3. The first-order chi connectivity index (χ1) is 64.7. The lowest BCUT2D eigenvalue weighted by Gasteiger charge is -2.51. The molecule has 8 heterocycles. The number of carbonyl (C=O) groups excluding carboxylic acids is 3. The van der Waals surface area contributed by atoms with E-state index in [4.69, 9.17) is 75.8 Å². The van der Waals surface area contributed by atoms with E-state index in [-0.39, 0.29) is 12.3 Å². The SMILES string of the molecule is CCCCCCCCCCCCC/C=C/[C@@H](O)[C@H](CO[C@@H]1OC(CO)[C@@H](O[C@@H]2OC(CO)[C@H](O[C@@H]3OC(CO)[C@H](O)[C@H](O[C@@H]4OC(CO[C@@H]5OC(CO)[C@@H](O[C@@H]6OC(CO)[C@H](O)[C@H](O)C6O)[C@H](O[C@H]6OC(C)[C@@H](O)C(O)[C@@H]6O)C5NC(C)=O)[C@H](O)[C@H](O[C@@H]5OC(CO)[C@H](O)[C@H](O)C5O)C4NC(C)=O)C3O)[C@H](O)C2O)[C@H](O)C1O)NC(=O)CCCCCCCCCCCCCCCCCCC. The molecule has 0 saturated carbocycles. The van der Waals surface area contributed by atoms with Crippen LogP contribution < -0.4 is 16.0 Å². The largest absolute Gasteiger partial charge is 0.394 e. The Labute approximate surface area is 788 Å². The van der Waals surface area contributed by atoms with Crippen LogP contribution in [0.25, 0.3) is 0 Å². The lowest BCUT2D eigenvalue weighted by molar-refractivity contribution is -0.391. The van der Waals surface area contributed by atoms with Crippen molar-refractivity contribution in [3.63, 3.8) is 0 Å². The Morgan fingerprint density at radius 1 is 0.311 bits per heavy atom.